The van der Waals surface area contributed by atoms with Crippen molar-refractivity contribution in [3.63, 3.8) is 0 Å². The molecule has 0 atom stereocenters. The molecule has 0 bridgehead atoms. The van der Waals surface area contributed by atoms with Gasteiger partial charge in [0, 0.05) is 28.1 Å². The minimum absolute atomic E-state index is 0.867. The Bertz CT molecular complexity index is 1200. The van der Waals surface area contributed by atoms with E-state index in [-0.39, 0.29) is 0 Å². The van der Waals surface area contributed by atoms with Gasteiger partial charge in [0.05, 0.1) is 13.2 Å². The van der Waals surface area contributed by atoms with E-state index in [1.807, 2.05) is 20.2 Å². The van der Waals surface area contributed by atoms with E-state index < -0.39 is 0 Å². The van der Waals surface area contributed by atoms with Gasteiger partial charge in [-0.15, -0.1) is 0 Å². The number of methoxy groups -OCH3 is 1. The lowest BCUT2D eigenvalue weighted by Gasteiger charge is -2.18. The monoisotopic (exact) mass is 358 g/mol. The van der Waals surface area contributed by atoms with Crippen molar-refractivity contribution in [1.29, 1.82) is 0 Å². The predicted octanol–water partition coefficient (Wildman–Crippen LogP) is 4.86. The Morgan fingerprint density at radius 3 is 2.30 bits per heavy atom. The fraction of sp³-hybridized carbons (Fsp3) is 0.208. The number of rotatable bonds is 2. The van der Waals surface area contributed by atoms with E-state index in [9.17, 15) is 0 Å². The summed E-state index contributed by atoms with van der Waals surface area (Å²) in [6.07, 6.45) is 0. The van der Waals surface area contributed by atoms with Crippen molar-refractivity contribution in [2.24, 2.45) is 0 Å². The summed E-state index contributed by atoms with van der Waals surface area (Å²) in [5, 5.41) is 2.20. The largest absolute Gasteiger partial charge is 0.496 e. The summed E-state index contributed by atoms with van der Waals surface area (Å²) in [6.45, 7) is 4.19. The van der Waals surface area contributed by atoms with E-state index in [1.54, 1.807) is 7.11 Å². The van der Waals surface area contributed by atoms with Crippen LogP contribution in [0.15, 0.2) is 59.0 Å². The van der Waals surface area contributed by atoms with Gasteiger partial charge in [0.25, 0.3) is 0 Å². The molecule has 0 saturated heterocycles. The molecule has 1 aliphatic heterocycles. The van der Waals surface area contributed by atoms with E-state index in [0.29, 0.717) is 0 Å². The first-order chi connectivity index (χ1) is 13.0. The van der Waals surface area contributed by atoms with Crippen molar-refractivity contribution < 1.29 is 9.15 Å². The zero-order chi connectivity index (χ0) is 19.1. The number of nitrogens with zero attached hydrogens (tertiary/aromatic N) is 1. The number of hydrogen-bond acceptors (Lipinski definition) is 2. The van der Waals surface area contributed by atoms with Gasteiger partial charge in [-0.2, -0.15) is 0 Å². The fourth-order valence-electron chi connectivity index (χ4n) is 3.57. The number of ether oxygens (including phenoxy) is 1. The second-order valence-corrected chi connectivity index (χ2v) is 7.26. The van der Waals surface area contributed by atoms with Gasteiger partial charge in [-0.05, 0) is 43.7 Å². The van der Waals surface area contributed by atoms with Crippen molar-refractivity contribution >= 4 is 11.0 Å². The highest BCUT2D eigenvalue weighted by Gasteiger charge is 2.20. The lowest BCUT2D eigenvalue weighted by molar-refractivity contribution is 0.416. The topological polar surface area (TPSA) is 25.4 Å². The molecule has 0 saturated carbocycles. The highest BCUT2D eigenvalue weighted by atomic mass is 16.5. The van der Waals surface area contributed by atoms with Gasteiger partial charge in [0.15, 0.2) is 0 Å². The van der Waals surface area contributed by atoms with Gasteiger partial charge in [-0.3, -0.25) is 0 Å². The third-order valence-corrected chi connectivity index (χ3v) is 5.00. The molecule has 0 amide bonds. The minimum Gasteiger partial charge on any atom is -0.496 e. The zero-order valence-corrected chi connectivity index (χ0v) is 16.5. The van der Waals surface area contributed by atoms with Crippen molar-refractivity contribution in [3.8, 4) is 28.2 Å². The molecule has 1 heterocycles. The quantitative estimate of drug-likeness (QED) is 0.378. The van der Waals surface area contributed by atoms with Crippen LogP contribution in [0.4, 0.5) is 0 Å². The van der Waals surface area contributed by atoms with Gasteiger partial charge < -0.3 is 9.15 Å². The van der Waals surface area contributed by atoms with Gasteiger partial charge in [0.2, 0.25) is 5.36 Å². The second-order valence-electron chi connectivity index (χ2n) is 7.26. The smallest absolute Gasteiger partial charge is 0.203 e. The first kappa shape index (κ1) is 17.3. The van der Waals surface area contributed by atoms with Crippen LogP contribution in [-0.2, 0) is 0 Å². The van der Waals surface area contributed by atoms with Crippen LogP contribution in [0.2, 0.25) is 0 Å². The molecule has 3 heteroatoms. The van der Waals surface area contributed by atoms with Crippen LogP contribution in [0.1, 0.15) is 11.1 Å². The maximum atomic E-state index is 6.32. The first-order valence-corrected chi connectivity index (χ1v) is 9.10. The maximum Gasteiger partial charge on any atom is 0.203 e. The third kappa shape index (κ3) is 2.99. The van der Waals surface area contributed by atoms with Crippen LogP contribution < -0.4 is 14.7 Å². The van der Waals surface area contributed by atoms with E-state index >= 15 is 0 Å². The van der Waals surface area contributed by atoms with Crippen LogP contribution in [0.25, 0.3) is 33.4 Å². The predicted molar refractivity (Wildman–Crippen MR) is 111 cm³/mol. The summed E-state index contributed by atoms with van der Waals surface area (Å²) < 4.78 is 14.1. The van der Waals surface area contributed by atoms with Crippen molar-refractivity contribution in [3.05, 3.63) is 71.1 Å². The number of hydrogen-bond donors (Lipinski definition) is 0. The van der Waals surface area contributed by atoms with E-state index in [2.05, 4.69) is 67.0 Å². The van der Waals surface area contributed by atoms with E-state index in [4.69, 9.17) is 9.15 Å². The Labute approximate surface area is 159 Å². The molecular weight excluding hydrogens is 334 g/mol. The molecule has 2 aromatic carbocycles. The number of aryl methyl sites for hydroxylation is 2. The lowest BCUT2D eigenvalue weighted by Crippen LogP contribution is -2.21. The van der Waals surface area contributed by atoms with Crippen molar-refractivity contribution in [2.45, 2.75) is 13.8 Å². The summed E-state index contributed by atoms with van der Waals surface area (Å²) in [4.78, 5) is 0. The fourth-order valence-corrected chi connectivity index (χ4v) is 3.57. The van der Waals surface area contributed by atoms with Crippen LogP contribution >= 0.6 is 0 Å². The molecule has 2 aliphatic rings. The van der Waals surface area contributed by atoms with E-state index in [1.165, 1.54) is 11.1 Å². The molecule has 0 fully saturated rings. The molecule has 2 aromatic rings. The first-order valence-electron chi connectivity index (χ1n) is 9.10. The average molecular weight is 358 g/mol. The number of fused-ring (bicyclic) bond motifs is 2. The molecule has 1 aliphatic carbocycles. The van der Waals surface area contributed by atoms with Crippen molar-refractivity contribution in [1.82, 2.24) is 4.58 Å². The normalized spacial score (nSPS) is 11.1. The van der Waals surface area contributed by atoms with Crippen molar-refractivity contribution in [2.75, 3.05) is 21.2 Å². The Morgan fingerprint density at radius 2 is 1.56 bits per heavy atom. The molecule has 27 heavy (non-hydrogen) atoms. The van der Waals surface area contributed by atoms with E-state index in [0.717, 1.165) is 44.5 Å². The summed E-state index contributed by atoms with van der Waals surface area (Å²) >= 11 is 0. The molecule has 3 nitrogen and oxygen atoms in total. The molecular formula is C24H24NO2+. The summed E-state index contributed by atoms with van der Waals surface area (Å²) in [6, 6.07) is 19.0. The van der Waals surface area contributed by atoms with Crippen LogP contribution in [-0.4, -0.2) is 21.2 Å². The number of benzene rings is 3. The van der Waals surface area contributed by atoms with Gasteiger partial charge in [-0.1, -0.05) is 23.8 Å². The molecule has 136 valence electrons. The SMILES string of the molecule is COc1ccc(C)cc1-c1c2ccc(=[N+](C)C)cc-2oc2cc(C)ccc12. The Morgan fingerprint density at radius 1 is 0.815 bits per heavy atom. The molecule has 4 rings (SSSR count). The maximum absolute atomic E-state index is 6.32. The summed E-state index contributed by atoms with van der Waals surface area (Å²) in [5.74, 6) is 1.74. The highest BCUT2D eigenvalue weighted by Crippen LogP contribution is 2.43. The molecule has 0 aromatic heterocycles. The Balaban J connectivity index is 2.21. The van der Waals surface area contributed by atoms with Crippen LogP contribution in [0, 0.1) is 13.8 Å². The highest BCUT2D eigenvalue weighted by molar-refractivity contribution is 6.03. The average Bonchev–Trinajstić information content (AvgIpc) is 2.65. The van der Waals surface area contributed by atoms with Gasteiger partial charge >= 0.3 is 0 Å². The van der Waals surface area contributed by atoms with Crippen LogP contribution in [0.5, 0.6) is 5.75 Å². The molecule has 0 unspecified atom stereocenters. The summed E-state index contributed by atoms with van der Waals surface area (Å²) in [5.41, 5.74) is 6.58. The zero-order valence-electron chi connectivity index (χ0n) is 16.5. The van der Waals surface area contributed by atoms with Gasteiger partial charge in [0.1, 0.15) is 31.2 Å². The van der Waals surface area contributed by atoms with Crippen LogP contribution in [0.3, 0.4) is 0 Å². The Hall–Kier alpha value is -3.07. The molecule has 0 spiro atoms. The summed E-state index contributed by atoms with van der Waals surface area (Å²) in [7, 11) is 5.80. The minimum atomic E-state index is 0.867. The standard InChI is InChI=1S/C24H24NO2/c1-15-7-11-21(26-5)20(12-15)24-18-9-6-16(2)13-22(18)27-23-14-17(25(3)4)8-10-19(23)24/h6-14H,1-5H3/q+1. The molecule has 0 N–H and O–H groups in total. The lowest BCUT2D eigenvalue weighted by atomic mass is 9.92. The van der Waals surface area contributed by atoms with Gasteiger partial charge in [-0.25, -0.2) is 4.58 Å². The Kier molecular flexibility index (Phi) is 4.23. The third-order valence-electron chi connectivity index (χ3n) is 5.00. The second kappa shape index (κ2) is 6.58. The molecule has 0 radical (unpaired) electrons.